The monoisotopic (exact) mass is 554 g/mol. The molecule has 4 aliphatic rings. The molecule has 4 heterocycles. The van der Waals surface area contributed by atoms with Crippen molar-refractivity contribution in [1.29, 1.82) is 0 Å². The Kier molecular flexibility index (Phi) is 7.67. The molecular formula is C30H37F3N6O. The first kappa shape index (κ1) is 28.2. The fourth-order valence-corrected chi connectivity index (χ4v) is 5.40. The summed E-state index contributed by atoms with van der Waals surface area (Å²) in [4.78, 5) is 12.0. The third kappa shape index (κ3) is 6.33. The number of amidine groups is 2. The molecule has 40 heavy (non-hydrogen) atoms. The molecule has 10 heteroatoms. The van der Waals surface area contributed by atoms with Crippen molar-refractivity contribution in [2.75, 3.05) is 25.0 Å². The summed E-state index contributed by atoms with van der Waals surface area (Å²) in [5.41, 5.74) is 2.62. The van der Waals surface area contributed by atoms with Gasteiger partial charge < -0.3 is 20.7 Å². The van der Waals surface area contributed by atoms with E-state index in [1.807, 2.05) is 26.0 Å². The second-order valence-corrected chi connectivity index (χ2v) is 11.8. The number of nitrogens with one attached hydrogen (secondary N) is 3. The van der Waals surface area contributed by atoms with Gasteiger partial charge in [0.25, 0.3) is 0 Å². The first-order chi connectivity index (χ1) is 18.9. The zero-order chi connectivity index (χ0) is 28.7. The molecule has 5 rings (SSSR count). The van der Waals surface area contributed by atoms with Gasteiger partial charge in [-0.3, -0.25) is 4.90 Å². The highest BCUT2D eigenvalue weighted by Crippen LogP contribution is 2.33. The quantitative estimate of drug-likeness (QED) is 0.487. The Labute approximate surface area is 233 Å². The fraction of sp³-hybridized carbons (Fsp3) is 0.467. The van der Waals surface area contributed by atoms with E-state index in [0.717, 1.165) is 30.4 Å². The molecule has 7 nitrogen and oxygen atoms in total. The SMILES string of the molecule is C[C@@H]1CN(CC2=NC3NC(C4NC=CC=C4C(F)(F)F)=CC=C3C(Nc3ccc(C(C)(C)C)cc3)=N2)C[C@H](C)O1. The van der Waals surface area contributed by atoms with E-state index in [9.17, 15) is 13.2 Å². The number of aliphatic imine (C=N–C) groups is 2. The zero-order valence-corrected chi connectivity index (χ0v) is 23.5. The van der Waals surface area contributed by atoms with Crippen LogP contribution in [-0.4, -0.2) is 66.8 Å². The summed E-state index contributed by atoms with van der Waals surface area (Å²) in [6.45, 7) is 12.6. The normalized spacial score (nSPS) is 27.2. The number of rotatable bonds is 4. The maximum atomic E-state index is 13.8. The lowest BCUT2D eigenvalue weighted by Crippen LogP contribution is -2.49. The van der Waals surface area contributed by atoms with E-state index in [-0.39, 0.29) is 17.6 Å². The molecule has 1 aromatic rings. The van der Waals surface area contributed by atoms with Gasteiger partial charge in [0, 0.05) is 30.0 Å². The number of dihydropyridines is 2. The van der Waals surface area contributed by atoms with Gasteiger partial charge in [-0.25, -0.2) is 9.98 Å². The van der Waals surface area contributed by atoms with Gasteiger partial charge in [-0.05, 0) is 61.4 Å². The van der Waals surface area contributed by atoms with Gasteiger partial charge in [0.05, 0.1) is 30.4 Å². The number of allylic oxidation sites excluding steroid dienone is 4. The number of hydrogen-bond donors (Lipinski definition) is 3. The molecule has 0 amide bonds. The van der Waals surface area contributed by atoms with E-state index >= 15 is 0 Å². The van der Waals surface area contributed by atoms with Gasteiger partial charge in [-0.2, -0.15) is 13.2 Å². The molecule has 1 fully saturated rings. The van der Waals surface area contributed by atoms with Crippen LogP contribution in [0.5, 0.6) is 0 Å². The molecule has 2 unspecified atom stereocenters. The smallest absolute Gasteiger partial charge is 0.379 e. The Morgan fingerprint density at radius 2 is 1.73 bits per heavy atom. The number of anilines is 1. The number of halogens is 3. The average Bonchev–Trinajstić information content (AvgIpc) is 2.87. The molecule has 0 saturated carbocycles. The first-order valence-corrected chi connectivity index (χ1v) is 13.7. The molecule has 0 radical (unpaired) electrons. The summed E-state index contributed by atoms with van der Waals surface area (Å²) >= 11 is 0. The second-order valence-electron chi connectivity index (χ2n) is 11.8. The van der Waals surface area contributed by atoms with Gasteiger partial charge in [0.2, 0.25) is 0 Å². The van der Waals surface area contributed by atoms with Crippen LogP contribution in [0.2, 0.25) is 0 Å². The van der Waals surface area contributed by atoms with Crippen molar-refractivity contribution >= 4 is 17.4 Å². The molecule has 3 N–H and O–H groups in total. The van der Waals surface area contributed by atoms with E-state index in [4.69, 9.17) is 14.7 Å². The van der Waals surface area contributed by atoms with Gasteiger partial charge in [-0.15, -0.1) is 0 Å². The van der Waals surface area contributed by atoms with Crippen molar-refractivity contribution in [3.8, 4) is 0 Å². The van der Waals surface area contributed by atoms with E-state index in [1.165, 1.54) is 17.8 Å². The average molecular weight is 555 g/mol. The zero-order valence-electron chi connectivity index (χ0n) is 23.5. The number of benzene rings is 1. The Bertz CT molecular complexity index is 1290. The van der Waals surface area contributed by atoms with Crippen LogP contribution < -0.4 is 16.0 Å². The predicted octanol–water partition coefficient (Wildman–Crippen LogP) is 5.03. The third-order valence-electron chi connectivity index (χ3n) is 7.29. The van der Waals surface area contributed by atoms with Crippen molar-refractivity contribution in [3.63, 3.8) is 0 Å². The van der Waals surface area contributed by atoms with Crippen LogP contribution in [-0.2, 0) is 10.2 Å². The second kappa shape index (κ2) is 10.9. The van der Waals surface area contributed by atoms with Crippen LogP contribution in [0.15, 0.2) is 81.6 Å². The van der Waals surface area contributed by atoms with E-state index < -0.39 is 24.0 Å². The Morgan fingerprint density at radius 3 is 2.38 bits per heavy atom. The lowest BCUT2D eigenvalue weighted by Gasteiger charge is -2.37. The Balaban J connectivity index is 1.45. The van der Waals surface area contributed by atoms with Crippen LogP contribution in [0.1, 0.15) is 40.2 Å². The highest BCUT2D eigenvalue weighted by molar-refractivity contribution is 6.16. The summed E-state index contributed by atoms with van der Waals surface area (Å²) < 4.78 is 47.2. The number of ether oxygens (including phenoxy) is 1. The molecule has 1 saturated heterocycles. The van der Waals surface area contributed by atoms with Crippen molar-refractivity contribution in [3.05, 3.63) is 77.2 Å². The van der Waals surface area contributed by atoms with Gasteiger partial charge in [0.15, 0.2) is 0 Å². The number of hydrogen-bond acceptors (Lipinski definition) is 7. The molecule has 0 aromatic heterocycles. The van der Waals surface area contributed by atoms with Crippen molar-refractivity contribution in [2.24, 2.45) is 9.98 Å². The van der Waals surface area contributed by atoms with E-state index in [1.54, 1.807) is 12.2 Å². The molecular weight excluding hydrogens is 517 g/mol. The van der Waals surface area contributed by atoms with Crippen molar-refractivity contribution in [2.45, 2.75) is 70.6 Å². The molecule has 4 atom stereocenters. The molecule has 4 aliphatic heterocycles. The Hall–Kier alpha value is -3.37. The molecule has 0 bridgehead atoms. The summed E-state index contributed by atoms with van der Waals surface area (Å²) in [5.74, 6) is 1.23. The minimum atomic E-state index is -4.47. The Morgan fingerprint density at radius 1 is 1.02 bits per heavy atom. The lowest BCUT2D eigenvalue weighted by atomic mass is 9.87. The highest BCUT2D eigenvalue weighted by Gasteiger charge is 2.42. The van der Waals surface area contributed by atoms with Gasteiger partial charge in [-0.1, -0.05) is 39.0 Å². The van der Waals surface area contributed by atoms with Gasteiger partial charge >= 0.3 is 6.18 Å². The summed E-state index contributed by atoms with van der Waals surface area (Å²) in [6.07, 6.45) is 2.60. The van der Waals surface area contributed by atoms with Crippen LogP contribution in [0.3, 0.4) is 0 Å². The standard InChI is InChI=1S/C30H37F3N6O/c1-18-15-39(16-19(2)40-18)17-25-37-27(35-21-10-8-20(9-11-21)29(3,4)5)22-12-13-24(36-28(22)38-25)26-23(30(31,32)33)7-6-14-34-26/h6-14,18-19,26,28,34,36H,15-17H2,1-5H3,(H,35,37,38)/t18-,19+,26?,28?. The number of alkyl halides is 3. The maximum Gasteiger partial charge on any atom is 0.415 e. The summed E-state index contributed by atoms with van der Waals surface area (Å²) in [7, 11) is 0. The van der Waals surface area contributed by atoms with Crippen LogP contribution >= 0.6 is 0 Å². The first-order valence-electron chi connectivity index (χ1n) is 13.7. The third-order valence-corrected chi connectivity index (χ3v) is 7.29. The van der Waals surface area contributed by atoms with Crippen LogP contribution in [0.25, 0.3) is 0 Å². The number of nitrogens with zero attached hydrogens (tertiary/aromatic N) is 3. The van der Waals surface area contributed by atoms with Crippen molar-refractivity contribution < 1.29 is 17.9 Å². The minimum Gasteiger partial charge on any atom is -0.379 e. The molecule has 0 spiro atoms. The lowest BCUT2D eigenvalue weighted by molar-refractivity contribution is -0.0956. The summed E-state index contributed by atoms with van der Waals surface area (Å²) in [6, 6.07) is 7.17. The molecule has 214 valence electrons. The minimum absolute atomic E-state index is 0.0291. The van der Waals surface area contributed by atoms with Crippen LogP contribution in [0, 0.1) is 0 Å². The van der Waals surface area contributed by atoms with E-state index in [2.05, 4.69) is 53.8 Å². The maximum absolute atomic E-state index is 13.8. The molecule has 1 aromatic carbocycles. The topological polar surface area (TPSA) is 73.3 Å². The van der Waals surface area contributed by atoms with Gasteiger partial charge in [0.1, 0.15) is 17.8 Å². The number of fused-ring (bicyclic) bond motifs is 1. The highest BCUT2D eigenvalue weighted by atomic mass is 19.4. The number of morpholine rings is 1. The van der Waals surface area contributed by atoms with E-state index in [0.29, 0.717) is 23.9 Å². The fourth-order valence-electron chi connectivity index (χ4n) is 5.40. The molecule has 0 aliphatic carbocycles. The largest absolute Gasteiger partial charge is 0.415 e. The summed E-state index contributed by atoms with van der Waals surface area (Å²) in [5, 5.41) is 9.55. The van der Waals surface area contributed by atoms with Crippen LogP contribution in [0.4, 0.5) is 18.9 Å². The predicted molar refractivity (Wildman–Crippen MR) is 153 cm³/mol. The van der Waals surface area contributed by atoms with Crippen molar-refractivity contribution in [1.82, 2.24) is 15.5 Å².